The topological polar surface area (TPSA) is 36.7 Å². The molecule has 0 aliphatic carbocycles. The first-order chi connectivity index (χ1) is 11.1. The lowest BCUT2D eigenvalue weighted by atomic mass is 10.2. The van der Waals surface area contributed by atoms with Crippen molar-refractivity contribution in [1.29, 1.82) is 0 Å². The standard InChI is InChI=1S/C17H21BrN2O2S/c1-12-15(16(18)13(2)22-12)17(21)20-9-7-19(8-10-20)6-5-14-4-3-11-23-14/h3-4,11H,5-10H2,1-2H3. The molecule has 4 nitrogen and oxygen atoms in total. The van der Waals surface area contributed by atoms with E-state index in [0.29, 0.717) is 11.3 Å². The molecule has 3 heterocycles. The Morgan fingerprint density at radius 3 is 2.57 bits per heavy atom. The first-order valence-corrected chi connectivity index (χ1v) is 9.53. The highest BCUT2D eigenvalue weighted by molar-refractivity contribution is 9.10. The van der Waals surface area contributed by atoms with E-state index in [-0.39, 0.29) is 5.91 Å². The van der Waals surface area contributed by atoms with E-state index in [9.17, 15) is 4.79 Å². The van der Waals surface area contributed by atoms with E-state index in [0.717, 1.165) is 49.4 Å². The van der Waals surface area contributed by atoms with Crippen LogP contribution in [0.25, 0.3) is 0 Å². The van der Waals surface area contributed by atoms with Crippen LogP contribution in [0.4, 0.5) is 0 Å². The van der Waals surface area contributed by atoms with Crippen LogP contribution >= 0.6 is 27.3 Å². The number of piperazine rings is 1. The summed E-state index contributed by atoms with van der Waals surface area (Å²) in [6.45, 7) is 8.21. The number of nitrogens with zero attached hydrogens (tertiary/aromatic N) is 2. The van der Waals surface area contributed by atoms with Crippen molar-refractivity contribution in [3.8, 4) is 0 Å². The van der Waals surface area contributed by atoms with Gasteiger partial charge in [-0.15, -0.1) is 11.3 Å². The maximum atomic E-state index is 12.7. The van der Waals surface area contributed by atoms with Gasteiger partial charge < -0.3 is 9.32 Å². The molecule has 2 aromatic rings. The van der Waals surface area contributed by atoms with Gasteiger partial charge in [0, 0.05) is 37.6 Å². The minimum Gasteiger partial charge on any atom is -0.465 e. The summed E-state index contributed by atoms with van der Waals surface area (Å²) in [5.41, 5.74) is 0.675. The average Bonchev–Trinajstić information content (AvgIpc) is 3.14. The van der Waals surface area contributed by atoms with Gasteiger partial charge in [0.15, 0.2) is 0 Å². The van der Waals surface area contributed by atoms with Gasteiger partial charge in [-0.3, -0.25) is 9.69 Å². The Hall–Kier alpha value is -1.11. The van der Waals surface area contributed by atoms with Gasteiger partial charge in [0.1, 0.15) is 11.5 Å². The number of aryl methyl sites for hydroxylation is 2. The van der Waals surface area contributed by atoms with Gasteiger partial charge in [-0.1, -0.05) is 6.07 Å². The van der Waals surface area contributed by atoms with Crippen molar-refractivity contribution >= 4 is 33.2 Å². The lowest BCUT2D eigenvalue weighted by molar-refractivity contribution is 0.0636. The van der Waals surface area contributed by atoms with Crippen LogP contribution in [-0.2, 0) is 6.42 Å². The lowest BCUT2D eigenvalue weighted by Crippen LogP contribution is -2.49. The van der Waals surface area contributed by atoms with Crippen LogP contribution in [0.3, 0.4) is 0 Å². The number of amides is 1. The van der Waals surface area contributed by atoms with E-state index >= 15 is 0 Å². The second kappa shape index (κ2) is 7.20. The Morgan fingerprint density at radius 1 is 1.26 bits per heavy atom. The monoisotopic (exact) mass is 396 g/mol. The molecule has 0 atom stereocenters. The highest BCUT2D eigenvalue weighted by atomic mass is 79.9. The molecule has 0 unspecified atom stereocenters. The van der Waals surface area contributed by atoms with Crippen molar-refractivity contribution in [2.24, 2.45) is 0 Å². The molecule has 1 amide bonds. The summed E-state index contributed by atoms with van der Waals surface area (Å²) in [5, 5.41) is 2.12. The van der Waals surface area contributed by atoms with E-state index in [1.807, 2.05) is 30.1 Å². The van der Waals surface area contributed by atoms with Crippen LogP contribution in [0.5, 0.6) is 0 Å². The lowest BCUT2D eigenvalue weighted by Gasteiger charge is -2.34. The fraction of sp³-hybridized carbons (Fsp3) is 0.471. The average molecular weight is 397 g/mol. The van der Waals surface area contributed by atoms with Gasteiger partial charge in [-0.25, -0.2) is 0 Å². The zero-order valence-corrected chi connectivity index (χ0v) is 15.9. The van der Waals surface area contributed by atoms with E-state index in [2.05, 4.69) is 38.3 Å². The van der Waals surface area contributed by atoms with Crippen LogP contribution in [-0.4, -0.2) is 48.4 Å². The minimum atomic E-state index is 0.0733. The van der Waals surface area contributed by atoms with E-state index in [1.165, 1.54) is 4.88 Å². The third kappa shape index (κ3) is 3.70. The maximum Gasteiger partial charge on any atom is 0.258 e. The summed E-state index contributed by atoms with van der Waals surface area (Å²) in [6.07, 6.45) is 1.09. The van der Waals surface area contributed by atoms with E-state index in [4.69, 9.17) is 4.42 Å². The fourth-order valence-corrected chi connectivity index (χ4v) is 4.18. The molecule has 1 saturated heterocycles. The molecule has 2 aromatic heterocycles. The SMILES string of the molecule is Cc1oc(C)c(C(=O)N2CCN(CCc3cccs3)CC2)c1Br. The van der Waals surface area contributed by atoms with Crippen molar-refractivity contribution in [3.63, 3.8) is 0 Å². The first-order valence-electron chi connectivity index (χ1n) is 7.85. The molecule has 1 fully saturated rings. The molecular formula is C17H21BrN2O2S. The second-order valence-corrected chi connectivity index (χ2v) is 7.69. The summed E-state index contributed by atoms with van der Waals surface area (Å²) >= 11 is 5.29. The van der Waals surface area contributed by atoms with Crippen molar-refractivity contribution in [1.82, 2.24) is 9.80 Å². The number of halogens is 1. The normalized spacial score (nSPS) is 16.0. The van der Waals surface area contributed by atoms with Crippen LogP contribution < -0.4 is 0 Å². The molecule has 1 aliphatic heterocycles. The number of hydrogen-bond donors (Lipinski definition) is 0. The molecular weight excluding hydrogens is 376 g/mol. The number of furan rings is 1. The quantitative estimate of drug-likeness (QED) is 0.789. The zero-order valence-electron chi connectivity index (χ0n) is 13.5. The summed E-state index contributed by atoms with van der Waals surface area (Å²) in [4.78, 5) is 18.5. The fourth-order valence-electron chi connectivity index (χ4n) is 2.96. The molecule has 3 rings (SSSR count). The molecule has 0 radical (unpaired) electrons. The Labute approximate surface area is 149 Å². The number of hydrogen-bond acceptors (Lipinski definition) is 4. The molecule has 0 saturated carbocycles. The Bertz CT molecular complexity index is 673. The highest BCUT2D eigenvalue weighted by Crippen LogP contribution is 2.28. The Morgan fingerprint density at radius 2 is 2.00 bits per heavy atom. The molecule has 0 aromatic carbocycles. The van der Waals surface area contributed by atoms with Gasteiger partial charge >= 0.3 is 0 Å². The molecule has 0 bridgehead atoms. The van der Waals surface area contributed by atoms with Crippen LogP contribution in [0, 0.1) is 13.8 Å². The third-order valence-corrected chi connectivity index (χ3v) is 6.21. The molecule has 1 aliphatic rings. The smallest absolute Gasteiger partial charge is 0.258 e. The predicted molar refractivity (Wildman–Crippen MR) is 96.2 cm³/mol. The largest absolute Gasteiger partial charge is 0.465 e. The second-order valence-electron chi connectivity index (χ2n) is 5.87. The molecule has 124 valence electrons. The van der Waals surface area contributed by atoms with Gasteiger partial charge in [0.25, 0.3) is 5.91 Å². The number of carbonyl (C=O) groups is 1. The molecule has 0 spiro atoms. The highest BCUT2D eigenvalue weighted by Gasteiger charge is 2.27. The van der Waals surface area contributed by atoms with Crippen LogP contribution in [0.2, 0.25) is 0 Å². The van der Waals surface area contributed by atoms with Gasteiger partial charge in [0.05, 0.1) is 10.0 Å². The molecule has 23 heavy (non-hydrogen) atoms. The number of rotatable bonds is 4. The predicted octanol–water partition coefficient (Wildman–Crippen LogP) is 3.72. The van der Waals surface area contributed by atoms with Crippen molar-refractivity contribution in [2.45, 2.75) is 20.3 Å². The van der Waals surface area contributed by atoms with Crippen LogP contribution in [0.15, 0.2) is 26.4 Å². The number of thiophene rings is 1. The number of carbonyl (C=O) groups excluding carboxylic acids is 1. The van der Waals surface area contributed by atoms with E-state index < -0.39 is 0 Å². The zero-order chi connectivity index (χ0) is 16.4. The van der Waals surface area contributed by atoms with Gasteiger partial charge in [-0.2, -0.15) is 0 Å². The van der Waals surface area contributed by atoms with Crippen LogP contribution in [0.1, 0.15) is 26.8 Å². The van der Waals surface area contributed by atoms with Crippen molar-refractivity contribution < 1.29 is 9.21 Å². The summed E-state index contributed by atoms with van der Waals surface area (Å²) in [7, 11) is 0. The Balaban J connectivity index is 1.55. The van der Waals surface area contributed by atoms with E-state index in [1.54, 1.807) is 0 Å². The molecule has 0 N–H and O–H groups in total. The summed E-state index contributed by atoms with van der Waals surface area (Å²) in [6, 6.07) is 4.29. The first kappa shape index (κ1) is 16.7. The Kier molecular flexibility index (Phi) is 5.24. The summed E-state index contributed by atoms with van der Waals surface area (Å²) < 4.78 is 6.35. The molecule has 6 heteroatoms. The van der Waals surface area contributed by atoms with Gasteiger partial charge in [-0.05, 0) is 47.6 Å². The third-order valence-electron chi connectivity index (χ3n) is 4.31. The summed E-state index contributed by atoms with van der Waals surface area (Å²) in [5.74, 6) is 1.53. The minimum absolute atomic E-state index is 0.0733. The van der Waals surface area contributed by atoms with Gasteiger partial charge in [0.2, 0.25) is 0 Å². The van der Waals surface area contributed by atoms with Crippen molar-refractivity contribution in [3.05, 3.63) is 43.9 Å². The van der Waals surface area contributed by atoms with Crippen molar-refractivity contribution in [2.75, 3.05) is 32.7 Å². The maximum absolute atomic E-state index is 12.7.